The van der Waals surface area contributed by atoms with Gasteiger partial charge in [-0.15, -0.1) is 0 Å². The van der Waals surface area contributed by atoms with Crippen LogP contribution < -0.4 is 0 Å². The van der Waals surface area contributed by atoms with Gasteiger partial charge in [0.2, 0.25) is 0 Å². The van der Waals surface area contributed by atoms with Gasteiger partial charge in [-0.25, -0.2) is 4.98 Å². The Morgan fingerprint density at radius 2 is 1.77 bits per heavy atom. The lowest BCUT2D eigenvalue weighted by Gasteiger charge is -2.26. The van der Waals surface area contributed by atoms with E-state index >= 15 is 0 Å². The molecular weight excluding hydrogens is 382 g/mol. The molecule has 2 aliphatic heterocycles. The maximum Gasteiger partial charge on any atom is 0.274 e. The molecule has 3 aromatic rings. The number of aromatic nitrogens is 5. The number of fused-ring (bicyclic) bond motifs is 1. The van der Waals surface area contributed by atoms with Crippen molar-refractivity contribution < 1.29 is 9.59 Å². The minimum atomic E-state index is -0.486. The number of nitrogens with zero attached hydrogens (tertiary/aromatic N) is 6. The topological polar surface area (TPSA) is 100 Å². The van der Waals surface area contributed by atoms with E-state index in [0.717, 1.165) is 5.82 Å². The number of H-pyrrole nitrogens is 1. The highest BCUT2D eigenvalue weighted by molar-refractivity contribution is 5.95. The summed E-state index contributed by atoms with van der Waals surface area (Å²) < 4.78 is 1.62. The Labute approximate surface area is 173 Å². The Hall–Kier alpha value is -3.49. The van der Waals surface area contributed by atoms with Crippen LogP contribution in [0.3, 0.4) is 0 Å². The fraction of sp³-hybridized carbons (Fsp3) is 0.381. The van der Waals surface area contributed by atoms with E-state index < -0.39 is 5.41 Å². The highest BCUT2D eigenvalue weighted by atomic mass is 16.2. The molecule has 154 valence electrons. The Morgan fingerprint density at radius 1 is 1.07 bits per heavy atom. The molecule has 30 heavy (non-hydrogen) atoms. The molecular formula is C21H23N7O2. The van der Waals surface area contributed by atoms with Crippen LogP contribution in [-0.2, 0) is 12.5 Å². The molecule has 0 aliphatic carbocycles. The van der Waals surface area contributed by atoms with Gasteiger partial charge < -0.3 is 9.80 Å². The van der Waals surface area contributed by atoms with Gasteiger partial charge in [0.15, 0.2) is 5.82 Å². The summed E-state index contributed by atoms with van der Waals surface area (Å²) in [6, 6.07) is 11.0. The second-order valence-corrected chi connectivity index (χ2v) is 8.21. The third-order valence-electron chi connectivity index (χ3n) is 6.18. The summed E-state index contributed by atoms with van der Waals surface area (Å²) in [5, 5.41) is 11.6. The molecule has 2 saturated heterocycles. The fourth-order valence-corrected chi connectivity index (χ4v) is 4.71. The Balaban J connectivity index is 1.45. The van der Waals surface area contributed by atoms with Crippen molar-refractivity contribution in [3.05, 3.63) is 65.5 Å². The van der Waals surface area contributed by atoms with Crippen LogP contribution in [0.5, 0.6) is 0 Å². The lowest BCUT2D eigenvalue weighted by molar-refractivity contribution is 0.0728. The molecule has 0 bridgehead atoms. The average Bonchev–Trinajstić information content (AvgIpc) is 3.50. The van der Waals surface area contributed by atoms with Gasteiger partial charge in [0, 0.05) is 50.9 Å². The van der Waals surface area contributed by atoms with Gasteiger partial charge in [-0.05, 0) is 25.1 Å². The number of hydrogen-bond acceptors (Lipinski definition) is 5. The van der Waals surface area contributed by atoms with Crippen LogP contribution in [0.4, 0.5) is 0 Å². The summed E-state index contributed by atoms with van der Waals surface area (Å²) in [5.74, 6) is 1.36. The van der Waals surface area contributed by atoms with E-state index in [1.165, 1.54) is 0 Å². The highest BCUT2D eigenvalue weighted by Crippen LogP contribution is 2.44. The van der Waals surface area contributed by atoms with Crippen molar-refractivity contribution in [3.8, 4) is 0 Å². The van der Waals surface area contributed by atoms with Gasteiger partial charge in [0.05, 0.1) is 5.41 Å². The van der Waals surface area contributed by atoms with Gasteiger partial charge in [-0.3, -0.25) is 19.4 Å². The van der Waals surface area contributed by atoms with Crippen molar-refractivity contribution >= 4 is 11.8 Å². The third-order valence-corrected chi connectivity index (χ3v) is 6.18. The van der Waals surface area contributed by atoms with Gasteiger partial charge >= 0.3 is 0 Å². The van der Waals surface area contributed by atoms with E-state index in [1.54, 1.807) is 24.0 Å². The molecule has 0 unspecified atom stereocenters. The maximum atomic E-state index is 13.1. The summed E-state index contributed by atoms with van der Waals surface area (Å²) in [4.78, 5) is 34.4. The normalized spacial score (nSPS) is 23.1. The lowest BCUT2D eigenvalue weighted by atomic mass is 9.80. The third kappa shape index (κ3) is 2.89. The molecule has 2 aliphatic rings. The van der Waals surface area contributed by atoms with Gasteiger partial charge in [-0.1, -0.05) is 18.2 Å². The Kier molecular flexibility index (Phi) is 4.19. The summed E-state index contributed by atoms with van der Waals surface area (Å²) >= 11 is 0. The molecule has 2 amide bonds. The molecule has 9 nitrogen and oxygen atoms in total. The van der Waals surface area contributed by atoms with Crippen LogP contribution in [0.2, 0.25) is 0 Å². The SMILES string of the molecule is Cc1nc([C@]23CN(C(=O)c4ccccc4)C[C@H]2CN(C(=O)c2ccn(C)n2)C3)n[nH]1. The van der Waals surface area contributed by atoms with E-state index in [-0.39, 0.29) is 17.7 Å². The van der Waals surface area contributed by atoms with Crippen molar-refractivity contribution in [2.24, 2.45) is 13.0 Å². The number of hydrogen-bond donors (Lipinski definition) is 1. The number of rotatable bonds is 3. The van der Waals surface area contributed by atoms with Crippen LogP contribution >= 0.6 is 0 Å². The van der Waals surface area contributed by atoms with E-state index in [0.29, 0.717) is 43.3 Å². The summed E-state index contributed by atoms with van der Waals surface area (Å²) in [6.45, 7) is 3.91. The van der Waals surface area contributed by atoms with Crippen LogP contribution in [0.1, 0.15) is 32.5 Å². The number of aryl methyl sites for hydroxylation is 2. The molecule has 2 atom stereocenters. The first-order valence-electron chi connectivity index (χ1n) is 9.99. The smallest absolute Gasteiger partial charge is 0.274 e. The van der Waals surface area contributed by atoms with Crippen LogP contribution in [0.15, 0.2) is 42.6 Å². The Morgan fingerprint density at radius 3 is 2.37 bits per heavy atom. The fourth-order valence-electron chi connectivity index (χ4n) is 4.71. The molecule has 1 N–H and O–H groups in total. The average molecular weight is 405 g/mol. The number of benzene rings is 1. The highest BCUT2D eigenvalue weighted by Gasteiger charge is 2.57. The first kappa shape index (κ1) is 18.5. The van der Waals surface area contributed by atoms with Crippen molar-refractivity contribution in [2.75, 3.05) is 26.2 Å². The van der Waals surface area contributed by atoms with Gasteiger partial charge in [0.1, 0.15) is 11.5 Å². The first-order valence-corrected chi connectivity index (χ1v) is 9.99. The lowest BCUT2D eigenvalue weighted by Crippen LogP contribution is -2.42. The summed E-state index contributed by atoms with van der Waals surface area (Å²) in [6.07, 6.45) is 1.76. The predicted octanol–water partition coefficient (Wildman–Crippen LogP) is 1.01. The number of amides is 2. The van der Waals surface area contributed by atoms with Crippen molar-refractivity contribution in [3.63, 3.8) is 0 Å². The molecule has 0 saturated carbocycles. The standard InChI is InChI=1S/C21H23N7O2/c1-14-22-20(24-23-14)21-12-27(18(29)15-6-4-3-5-7-15)10-16(21)11-28(13-21)19(30)17-8-9-26(2)25-17/h3-9,16H,10-13H2,1-2H3,(H,22,23,24)/t16-,21-/m0/s1. The number of likely N-dealkylation sites (tertiary alicyclic amines) is 2. The first-order chi connectivity index (χ1) is 14.5. The second kappa shape index (κ2) is 6.79. The molecule has 4 heterocycles. The van der Waals surface area contributed by atoms with Gasteiger partial charge in [0.25, 0.3) is 11.8 Å². The van der Waals surface area contributed by atoms with Crippen LogP contribution in [0.25, 0.3) is 0 Å². The van der Waals surface area contributed by atoms with Crippen LogP contribution in [-0.4, -0.2) is 72.8 Å². The zero-order chi connectivity index (χ0) is 20.9. The number of carbonyl (C=O) groups excluding carboxylic acids is 2. The molecule has 2 fully saturated rings. The number of nitrogens with one attached hydrogen (secondary N) is 1. The zero-order valence-corrected chi connectivity index (χ0v) is 16.9. The second-order valence-electron chi connectivity index (χ2n) is 8.21. The predicted molar refractivity (Wildman–Crippen MR) is 108 cm³/mol. The minimum Gasteiger partial charge on any atom is -0.337 e. The van der Waals surface area contributed by atoms with E-state index in [4.69, 9.17) is 0 Å². The minimum absolute atomic E-state index is 0.000708. The van der Waals surface area contributed by atoms with E-state index in [9.17, 15) is 9.59 Å². The molecule has 0 spiro atoms. The molecule has 5 rings (SSSR count). The van der Waals surface area contributed by atoms with Crippen molar-refractivity contribution in [2.45, 2.75) is 12.3 Å². The van der Waals surface area contributed by atoms with Crippen LogP contribution in [0, 0.1) is 12.8 Å². The Bertz CT molecular complexity index is 1110. The van der Waals surface area contributed by atoms with Gasteiger partial charge in [-0.2, -0.15) is 10.2 Å². The maximum absolute atomic E-state index is 13.1. The zero-order valence-electron chi connectivity index (χ0n) is 16.9. The molecule has 1 aromatic carbocycles. The molecule has 2 aromatic heterocycles. The van der Waals surface area contributed by atoms with E-state index in [1.807, 2.05) is 47.1 Å². The molecule has 9 heteroatoms. The molecule has 0 radical (unpaired) electrons. The van der Waals surface area contributed by atoms with Crippen molar-refractivity contribution in [1.82, 2.24) is 34.8 Å². The number of carbonyl (C=O) groups is 2. The largest absolute Gasteiger partial charge is 0.337 e. The quantitative estimate of drug-likeness (QED) is 0.701. The summed E-state index contributed by atoms with van der Waals surface area (Å²) in [5.41, 5.74) is 0.607. The summed E-state index contributed by atoms with van der Waals surface area (Å²) in [7, 11) is 1.79. The van der Waals surface area contributed by atoms with E-state index in [2.05, 4.69) is 20.3 Å². The van der Waals surface area contributed by atoms with Crippen molar-refractivity contribution in [1.29, 1.82) is 0 Å². The number of aromatic amines is 1. The monoisotopic (exact) mass is 405 g/mol.